The number of pyridine rings is 1. The van der Waals surface area contributed by atoms with Gasteiger partial charge in [0, 0.05) is 16.2 Å². The number of hydrogen-bond donors (Lipinski definition) is 2. The molecule has 0 aliphatic carbocycles. The Balaban J connectivity index is 1.87. The number of benzene rings is 2. The molecule has 1 saturated heterocycles. The van der Waals surface area contributed by atoms with E-state index < -0.39 is 17.7 Å². The Kier molecular flexibility index (Phi) is 5.61. The molecule has 7 heteroatoms. The molecule has 1 atom stereocenters. The van der Waals surface area contributed by atoms with Crippen molar-refractivity contribution in [2.24, 2.45) is 0 Å². The van der Waals surface area contributed by atoms with E-state index in [9.17, 15) is 19.8 Å². The van der Waals surface area contributed by atoms with Crippen LogP contribution in [-0.2, 0) is 16.1 Å². The number of Topliss-reactive ketones (excluding diaryl/α,β-unsaturated/α-hetero) is 1. The molecule has 1 unspecified atom stereocenters. The van der Waals surface area contributed by atoms with Crippen molar-refractivity contribution in [3.63, 3.8) is 0 Å². The van der Waals surface area contributed by atoms with Gasteiger partial charge >= 0.3 is 0 Å². The predicted molar refractivity (Wildman–Crippen MR) is 119 cm³/mol. The number of ketones is 1. The van der Waals surface area contributed by atoms with E-state index in [1.807, 2.05) is 6.92 Å². The Morgan fingerprint density at radius 2 is 1.84 bits per heavy atom. The molecule has 31 heavy (non-hydrogen) atoms. The maximum Gasteiger partial charge on any atom is 0.296 e. The number of carbonyl (C=O) groups is 2. The van der Waals surface area contributed by atoms with Gasteiger partial charge in [-0.05, 0) is 54.4 Å². The average molecular weight is 479 g/mol. The fourth-order valence-corrected chi connectivity index (χ4v) is 3.91. The van der Waals surface area contributed by atoms with Crippen molar-refractivity contribution in [2.75, 3.05) is 0 Å². The zero-order valence-corrected chi connectivity index (χ0v) is 18.2. The van der Waals surface area contributed by atoms with Crippen LogP contribution in [-0.4, -0.2) is 31.8 Å². The summed E-state index contributed by atoms with van der Waals surface area (Å²) in [5.74, 6) is -1.64. The predicted octanol–water partition coefficient (Wildman–Crippen LogP) is 4.48. The lowest BCUT2D eigenvalue weighted by Crippen LogP contribution is -2.29. The molecule has 1 aliphatic heterocycles. The van der Waals surface area contributed by atoms with Crippen molar-refractivity contribution in [2.45, 2.75) is 19.5 Å². The number of aryl methyl sites for hydroxylation is 1. The molecule has 2 N–H and O–H groups in total. The van der Waals surface area contributed by atoms with Crippen LogP contribution in [0.2, 0.25) is 0 Å². The summed E-state index contributed by atoms with van der Waals surface area (Å²) in [6.45, 7) is 1.98. The van der Waals surface area contributed by atoms with Gasteiger partial charge in [0.2, 0.25) is 0 Å². The van der Waals surface area contributed by atoms with Crippen molar-refractivity contribution in [3.05, 3.63) is 99.3 Å². The lowest BCUT2D eigenvalue weighted by molar-refractivity contribution is -0.140. The molecule has 0 bridgehead atoms. The van der Waals surface area contributed by atoms with Gasteiger partial charge in [0.05, 0.1) is 23.9 Å². The van der Waals surface area contributed by atoms with Gasteiger partial charge in [-0.2, -0.15) is 0 Å². The number of phenols is 1. The summed E-state index contributed by atoms with van der Waals surface area (Å²) >= 11 is 3.43. The summed E-state index contributed by atoms with van der Waals surface area (Å²) in [5.41, 5.74) is 2.55. The second kappa shape index (κ2) is 8.35. The SMILES string of the molecule is Cc1cc(/C(O)=C2/C(=O)C(=O)N(Cc3ccccn3)C2c2ccc(O)cc2)ccc1Br. The quantitative estimate of drug-likeness (QED) is 0.327. The molecule has 1 fully saturated rings. The summed E-state index contributed by atoms with van der Waals surface area (Å²) in [4.78, 5) is 31.7. The standard InChI is InChI=1S/C24H19BrN2O4/c1-14-12-16(7-10-19(14)25)22(29)20-21(15-5-8-18(28)9-6-15)27(24(31)23(20)30)13-17-4-2-3-11-26-17/h2-12,21,28-29H,13H2,1H3/b22-20-. The fraction of sp³-hybridized carbons (Fsp3) is 0.125. The number of amides is 1. The van der Waals surface area contributed by atoms with Gasteiger partial charge in [-0.25, -0.2) is 0 Å². The van der Waals surface area contributed by atoms with Gasteiger partial charge in [0.25, 0.3) is 11.7 Å². The van der Waals surface area contributed by atoms with E-state index in [0.717, 1.165) is 10.0 Å². The van der Waals surface area contributed by atoms with E-state index in [0.29, 0.717) is 16.8 Å². The minimum absolute atomic E-state index is 0.00773. The first kappa shape index (κ1) is 20.8. The van der Waals surface area contributed by atoms with Crippen molar-refractivity contribution in [1.29, 1.82) is 0 Å². The Hall–Kier alpha value is -3.45. The van der Waals surface area contributed by atoms with E-state index in [4.69, 9.17) is 0 Å². The molecule has 4 rings (SSSR count). The molecule has 1 aliphatic rings. The van der Waals surface area contributed by atoms with Gasteiger partial charge in [0.1, 0.15) is 11.5 Å². The Morgan fingerprint density at radius 1 is 1.10 bits per heavy atom. The highest BCUT2D eigenvalue weighted by Crippen LogP contribution is 2.40. The first-order valence-electron chi connectivity index (χ1n) is 9.60. The van der Waals surface area contributed by atoms with E-state index in [2.05, 4.69) is 20.9 Å². The number of aliphatic hydroxyl groups is 1. The third-order valence-electron chi connectivity index (χ3n) is 5.24. The van der Waals surface area contributed by atoms with Crippen molar-refractivity contribution >= 4 is 33.4 Å². The maximum atomic E-state index is 13.0. The van der Waals surface area contributed by atoms with Crippen LogP contribution < -0.4 is 0 Å². The highest BCUT2D eigenvalue weighted by molar-refractivity contribution is 9.10. The normalized spacial score (nSPS) is 17.9. The molecular weight excluding hydrogens is 460 g/mol. The lowest BCUT2D eigenvalue weighted by atomic mass is 9.95. The first-order chi connectivity index (χ1) is 14.9. The summed E-state index contributed by atoms with van der Waals surface area (Å²) in [6.07, 6.45) is 1.62. The highest BCUT2D eigenvalue weighted by Gasteiger charge is 2.46. The maximum absolute atomic E-state index is 13.0. The zero-order valence-electron chi connectivity index (χ0n) is 16.6. The number of phenolic OH excluding ortho intramolecular Hbond substituents is 1. The minimum atomic E-state index is -0.813. The molecule has 0 saturated carbocycles. The van der Waals surface area contributed by atoms with Crippen LogP contribution in [0.25, 0.3) is 5.76 Å². The van der Waals surface area contributed by atoms with E-state index in [1.54, 1.807) is 54.7 Å². The van der Waals surface area contributed by atoms with Crippen molar-refractivity contribution in [3.8, 4) is 5.75 Å². The monoisotopic (exact) mass is 478 g/mol. The molecular formula is C24H19BrN2O4. The number of aromatic hydroxyl groups is 1. The van der Waals surface area contributed by atoms with Gasteiger partial charge in [-0.3, -0.25) is 14.6 Å². The average Bonchev–Trinajstić information content (AvgIpc) is 3.01. The lowest BCUT2D eigenvalue weighted by Gasteiger charge is -2.25. The number of aromatic nitrogens is 1. The number of halogens is 1. The van der Waals surface area contributed by atoms with Crippen LogP contribution in [0.5, 0.6) is 5.75 Å². The smallest absolute Gasteiger partial charge is 0.296 e. The molecule has 1 aromatic heterocycles. The van der Waals surface area contributed by atoms with Crippen LogP contribution in [0, 0.1) is 6.92 Å². The second-order valence-corrected chi connectivity index (χ2v) is 8.16. The molecule has 3 aromatic rings. The summed E-state index contributed by atoms with van der Waals surface area (Å²) < 4.78 is 0.870. The number of hydrogen-bond acceptors (Lipinski definition) is 5. The van der Waals surface area contributed by atoms with E-state index in [-0.39, 0.29) is 23.6 Å². The molecule has 1 amide bonds. The van der Waals surface area contributed by atoms with E-state index >= 15 is 0 Å². The highest BCUT2D eigenvalue weighted by atomic mass is 79.9. The largest absolute Gasteiger partial charge is 0.508 e. The van der Waals surface area contributed by atoms with Crippen LogP contribution in [0.3, 0.4) is 0 Å². The molecule has 0 spiro atoms. The summed E-state index contributed by atoms with van der Waals surface area (Å²) in [6, 6.07) is 16.0. The van der Waals surface area contributed by atoms with Crippen molar-refractivity contribution < 1.29 is 19.8 Å². The number of likely N-dealkylation sites (tertiary alicyclic amines) is 1. The first-order valence-corrected chi connectivity index (χ1v) is 10.4. The number of carbonyl (C=O) groups excluding carboxylic acids is 2. The molecule has 2 heterocycles. The number of aliphatic hydroxyl groups excluding tert-OH is 1. The Bertz CT molecular complexity index is 1190. The van der Waals surface area contributed by atoms with Crippen LogP contribution in [0.15, 0.2) is 76.9 Å². The van der Waals surface area contributed by atoms with Gasteiger partial charge in [-0.1, -0.05) is 40.2 Å². The van der Waals surface area contributed by atoms with Crippen molar-refractivity contribution in [1.82, 2.24) is 9.88 Å². The third-order valence-corrected chi connectivity index (χ3v) is 6.13. The molecule has 156 valence electrons. The third kappa shape index (κ3) is 3.96. The van der Waals surface area contributed by atoms with E-state index in [1.165, 1.54) is 17.0 Å². The van der Waals surface area contributed by atoms with Gasteiger partial charge in [0.15, 0.2) is 0 Å². The summed E-state index contributed by atoms with van der Waals surface area (Å²) in [7, 11) is 0. The second-order valence-electron chi connectivity index (χ2n) is 7.30. The minimum Gasteiger partial charge on any atom is -0.508 e. The Morgan fingerprint density at radius 3 is 2.48 bits per heavy atom. The topological polar surface area (TPSA) is 90.7 Å². The van der Waals surface area contributed by atoms with Crippen LogP contribution in [0.1, 0.15) is 28.4 Å². The number of nitrogens with zero attached hydrogens (tertiary/aromatic N) is 2. The molecule has 6 nitrogen and oxygen atoms in total. The molecule has 2 aromatic carbocycles. The zero-order chi connectivity index (χ0) is 22.1. The van der Waals surface area contributed by atoms with Gasteiger partial charge < -0.3 is 15.1 Å². The summed E-state index contributed by atoms with van der Waals surface area (Å²) in [5, 5.41) is 20.8. The molecule has 0 radical (unpaired) electrons. The fourth-order valence-electron chi connectivity index (χ4n) is 3.66. The van der Waals surface area contributed by atoms with Crippen LogP contribution >= 0.6 is 15.9 Å². The number of rotatable bonds is 4. The Labute approximate surface area is 187 Å². The van der Waals surface area contributed by atoms with Crippen LogP contribution in [0.4, 0.5) is 0 Å². The van der Waals surface area contributed by atoms with Gasteiger partial charge in [-0.15, -0.1) is 0 Å².